The van der Waals surface area contributed by atoms with Crippen LogP contribution >= 0.6 is 0 Å². The van der Waals surface area contributed by atoms with Crippen LogP contribution in [0.2, 0.25) is 0 Å². The molecule has 0 aliphatic heterocycles. The average Bonchev–Trinajstić information content (AvgIpc) is 2.25. The highest BCUT2D eigenvalue weighted by Crippen LogP contribution is 2.12. The Hall–Kier alpha value is -1.51. The number of carbonyl (C=O) groups excluding carboxylic acids is 1. The van der Waals surface area contributed by atoms with Gasteiger partial charge in [0.25, 0.3) is 0 Å². The summed E-state index contributed by atoms with van der Waals surface area (Å²) in [6, 6.07) is 7.88. The summed E-state index contributed by atoms with van der Waals surface area (Å²) in [6.07, 6.45) is 3.51. The maximum Gasteiger partial charge on any atom is 0.319 e. The number of rotatable bonds is 4. The van der Waals surface area contributed by atoms with Gasteiger partial charge in [0.1, 0.15) is 0 Å². The third-order valence-corrected chi connectivity index (χ3v) is 2.52. The molecule has 0 unspecified atom stereocenters. The standard InChI is InChI=1S/C15H24N2O/c1-5-6-7-12-8-10-13(11-9-12)16-14(18)17-15(2,3)4/h8-11H,5-7H2,1-4H3,(H2,16,17,18). The number of anilines is 1. The van der Waals surface area contributed by atoms with Crippen LogP contribution in [0, 0.1) is 0 Å². The highest BCUT2D eigenvalue weighted by Gasteiger charge is 2.13. The number of aryl methyl sites for hydroxylation is 1. The minimum absolute atomic E-state index is 0.163. The largest absolute Gasteiger partial charge is 0.333 e. The van der Waals surface area contributed by atoms with Gasteiger partial charge in [0, 0.05) is 11.2 Å². The zero-order valence-corrected chi connectivity index (χ0v) is 11.8. The Morgan fingerprint density at radius 3 is 2.28 bits per heavy atom. The number of nitrogens with one attached hydrogen (secondary N) is 2. The van der Waals surface area contributed by atoms with E-state index in [2.05, 4.69) is 29.7 Å². The van der Waals surface area contributed by atoms with Crippen LogP contribution in [0.15, 0.2) is 24.3 Å². The van der Waals surface area contributed by atoms with Gasteiger partial charge in [-0.25, -0.2) is 4.79 Å². The third kappa shape index (κ3) is 5.71. The van der Waals surface area contributed by atoms with Crippen LogP contribution in [0.1, 0.15) is 46.1 Å². The van der Waals surface area contributed by atoms with Crippen molar-refractivity contribution < 1.29 is 4.79 Å². The first kappa shape index (κ1) is 14.6. The van der Waals surface area contributed by atoms with Crippen LogP contribution in [0.5, 0.6) is 0 Å². The lowest BCUT2D eigenvalue weighted by Gasteiger charge is -2.20. The highest BCUT2D eigenvalue weighted by atomic mass is 16.2. The van der Waals surface area contributed by atoms with E-state index in [1.165, 1.54) is 18.4 Å². The molecule has 0 fully saturated rings. The fourth-order valence-corrected chi connectivity index (χ4v) is 1.64. The van der Waals surface area contributed by atoms with E-state index in [1.807, 2.05) is 32.9 Å². The molecular weight excluding hydrogens is 224 g/mol. The Labute approximate surface area is 110 Å². The van der Waals surface area contributed by atoms with E-state index < -0.39 is 0 Å². The minimum atomic E-state index is -0.217. The van der Waals surface area contributed by atoms with Crippen LogP contribution in [0.3, 0.4) is 0 Å². The summed E-state index contributed by atoms with van der Waals surface area (Å²) < 4.78 is 0. The number of carbonyl (C=O) groups is 1. The summed E-state index contributed by atoms with van der Waals surface area (Å²) in [5.41, 5.74) is 1.93. The molecule has 3 nitrogen and oxygen atoms in total. The van der Waals surface area contributed by atoms with E-state index in [-0.39, 0.29) is 11.6 Å². The molecule has 0 aromatic heterocycles. The lowest BCUT2D eigenvalue weighted by atomic mass is 10.1. The van der Waals surface area contributed by atoms with Gasteiger partial charge in [0.2, 0.25) is 0 Å². The average molecular weight is 248 g/mol. The number of hydrogen-bond acceptors (Lipinski definition) is 1. The molecule has 0 saturated heterocycles. The molecule has 0 spiro atoms. The van der Waals surface area contributed by atoms with Gasteiger partial charge < -0.3 is 10.6 Å². The topological polar surface area (TPSA) is 41.1 Å². The zero-order chi connectivity index (χ0) is 13.6. The first-order valence-electron chi connectivity index (χ1n) is 6.59. The van der Waals surface area contributed by atoms with Crippen LogP contribution in [-0.2, 0) is 6.42 Å². The summed E-state index contributed by atoms with van der Waals surface area (Å²) >= 11 is 0. The lowest BCUT2D eigenvalue weighted by Crippen LogP contribution is -2.43. The molecule has 1 aromatic carbocycles. The molecule has 0 aliphatic rings. The van der Waals surface area contributed by atoms with Crippen molar-refractivity contribution in [1.82, 2.24) is 5.32 Å². The highest BCUT2D eigenvalue weighted by molar-refractivity contribution is 5.89. The Bertz CT molecular complexity index is 376. The smallest absolute Gasteiger partial charge is 0.319 e. The van der Waals surface area contributed by atoms with Gasteiger partial charge in [0.15, 0.2) is 0 Å². The number of unbranched alkanes of at least 4 members (excludes halogenated alkanes) is 1. The van der Waals surface area contributed by atoms with Crippen molar-refractivity contribution in [3.05, 3.63) is 29.8 Å². The number of urea groups is 1. The second-order valence-electron chi connectivity index (χ2n) is 5.63. The van der Waals surface area contributed by atoms with Crippen LogP contribution in [0.25, 0.3) is 0 Å². The first-order valence-corrected chi connectivity index (χ1v) is 6.59. The predicted molar refractivity (Wildman–Crippen MR) is 77.0 cm³/mol. The molecule has 2 amide bonds. The second-order valence-corrected chi connectivity index (χ2v) is 5.63. The number of amides is 2. The molecule has 0 saturated carbocycles. The maximum atomic E-state index is 11.7. The molecule has 2 N–H and O–H groups in total. The van der Waals surface area contributed by atoms with E-state index in [0.29, 0.717) is 0 Å². The van der Waals surface area contributed by atoms with Crippen molar-refractivity contribution in [3.8, 4) is 0 Å². The van der Waals surface area contributed by atoms with Gasteiger partial charge in [-0.05, 0) is 51.3 Å². The van der Waals surface area contributed by atoms with E-state index in [4.69, 9.17) is 0 Å². The van der Waals surface area contributed by atoms with Crippen molar-refractivity contribution in [3.63, 3.8) is 0 Å². The monoisotopic (exact) mass is 248 g/mol. The summed E-state index contributed by atoms with van der Waals surface area (Å²) in [5, 5.41) is 5.70. The Kier molecular flexibility index (Phi) is 5.20. The molecule has 3 heteroatoms. The summed E-state index contributed by atoms with van der Waals surface area (Å²) in [6.45, 7) is 8.06. The van der Waals surface area contributed by atoms with Crippen LogP contribution < -0.4 is 10.6 Å². The number of benzene rings is 1. The normalized spacial score (nSPS) is 11.1. The van der Waals surface area contributed by atoms with Crippen molar-refractivity contribution in [2.75, 3.05) is 5.32 Å². The predicted octanol–water partition coefficient (Wildman–Crippen LogP) is 3.95. The molecule has 0 radical (unpaired) electrons. The summed E-state index contributed by atoms with van der Waals surface area (Å²) in [5.74, 6) is 0. The van der Waals surface area contributed by atoms with Crippen LogP contribution in [0.4, 0.5) is 10.5 Å². The van der Waals surface area contributed by atoms with Gasteiger partial charge in [-0.2, -0.15) is 0 Å². The van der Waals surface area contributed by atoms with Crippen molar-refractivity contribution in [2.45, 2.75) is 52.5 Å². The van der Waals surface area contributed by atoms with E-state index in [9.17, 15) is 4.79 Å². The van der Waals surface area contributed by atoms with Gasteiger partial charge in [-0.15, -0.1) is 0 Å². The van der Waals surface area contributed by atoms with E-state index >= 15 is 0 Å². The quantitative estimate of drug-likeness (QED) is 0.832. The molecular formula is C15H24N2O. The molecule has 1 aromatic rings. The molecule has 0 atom stereocenters. The summed E-state index contributed by atoms with van der Waals surface area (Å²) in [7, 11) is 0. The number of hydrogen-bond donors (Lipinski definition) is 2. The Balaban J connectivity index is 2.50. The van der Waals surface area contributed by atoms with Crippen molar-refractivity contribution in [1.29, 1.82) is 0 Å². The molecule has 100 valence electrons. The first-order chi connectivity index (χ1) is 8.40. The minimum Gasteiger partial charge on any atom is -0.333 e. The Morgan fingerprint density at radius 2 is 1.78 bits per heavy atom. The fraction of sp³-hybridized carbons (Fsp3) is 0.533. The van der Waals surface area contributed by atoms with Gasteiger partial charge >= 0.3 is 6.03 Å². The maximum absolute atomic E-state index is 11.7. The van der Waals surface area contributed by atoms with Gasteiger partial charge in [-0.1, -0.05) is 25.5 Å². The molecule has 0 heterocycles. The van der Waals surface area contributed by atoms with E-state index in [1.54, 1.807) is 0 Å². The SMILES string of the molecule is CCCCc1ccc(NC(=O)NC(C)(C)C)cc1. The van der Waals surface area contributed by atoms with Gasteiger partial charge in [0.05, 0.1) is 0 Å². The van der Waals surface area contributed by atoms with Crippen molar-refractivity contribution in [2.24, 2.45) is 0 Å². The third-order valence-electron chi connectivity index (χ3n) is 2.52. The summed E-state index contributed by atoms with van der Waals surface area (Å²) in [4.78, 5) is 11.7. The fourth-order valence-electron chi connectivity index (χ4n) is 1.64. The molecule has 0 aliphatic carbocycles. The van der Waals surface area contributed by atoms with Crippen LogP contribution in [-0.4, -0.2) is 11.6 Å². The molecule has 1 rings (SSSR count). The lowest BCUT2D eigenvalue weighted by molar-refractivity contribution is 0.244. The molecule has 18 heavy (non-hydrogen) atoms. The van der Waals surface area contributed by atoms with E-state index in [0.717, 1.165) is 12.1 Å². The van der Waals surface area contributed by atoms with Gasteiger partial charge in [-0.3, -0.25) is 0 Å². The van der Waals surface area contributed by atoms with Crippen molar-refractivity contribution >= 4 is 11.7 Å². The Morgan fingerprint density at radius 1 is 1.17 bits per heavy atom. The zero-order valence-electron chi connectivity index (χ0n) is 11.8. The molecule has 0 bridgehead atoms. The second kappa shape index (κ2) is 6.43.